The van der Waals surface area contributed by atoms with Crippen LogP contribution in [-0.4, -0.2) is 40.4 Å². The van der Waals surface area contributed by atoms with Gasteiger partial charge in [0.2, 0.25) is 5.82 Å². The maximum Gasteiger partial charge on any atom is 0.205 e. The molecule has 3 heterocycles. The van der Waals surface area contributed by atoms with E-state index in [1.54, 1.807) is 23.5 Å². The molecule has 0 spiro atoms. The van der Waals surface area contributed by atoms with Crippen LogP contribution in [0.25, 0.3) is 33.5 Å². The number of nitrogens with zero attached hydrogens (tertiary/aromatic N) is 7. The number of hydrogen-bond donors (Lipinski definition) is 1. The normalized spacial score (nSPS) is 13.7. The highest BCUT2D eigenvalue weighted by atomic mass is 32.2. The second-order valence-electron chi connectivity index (χ2n) is 11.7. The molecule has 4 aromatic carbocycles. The molecule has 0 aliphatic heterocycles. The smallest absolute Gasteiger partial charge is 0.205 e. The van der Waals surface area contributed by atoms with Crippen LogP contribution in [0.4, 0.5) is 0 Å². The van der Waals surface area contributed by atoms with Crippen LogP contribution in [0, 0.1) is 0 Å². The zero-order valence-corrected chi connectivity index (χ0v) is 27.3. The van der Waals surface area contributed by atoms with Crippen molar-refractivity contribution in [3.8, 4) is 22.5 Å². The van der Waals surface area contributed by atoms with E-state index in [-0.39, 0.29) is 0 Å². The summed E-state index contributed by atoms with van der Waals surface area (Å²) in [5.74, 6) is 2.13. The van der Waals surface area contributed by atoms with E-state index in [1.165, 1.54) is 24.8 Å². The van der Waals surface area contributed by atoms with E-state index < -0.39 is 0 Å². The number of aromatic nitrogens is 8. The second-order valence-corrected chi connectivity index (χ2v) is 13.8. The highest BCUT2D eigenvalue weighted by Gasteiger charge is 2.27. The molecule has 1 aliphatic rings. The lowest BCUT2D eigenvalue weighted by atomic mass is 9.88. The Kier molecular flexibility index (Phi) is 8.51. The maximum atomic E-state index is 5.44. The first-order chi connectivity index (χ1) is 23.3. The van der Waals surface area contributed by atoms with E-state index >= 15 is 0 Å². The fourth-order valence-corrected chi connectivity index (χ4v) is 8.11. The van der Waals surface area contributed by atoms with Crippen molar-refractivity contribution in [1.82, 2.24) is 40.4 Å². The molecule has 232 valence electrons. The Hall–Kier alpha value is -4.80. The van der Waals surface area contributed by atoms with Crippen LogP contribution < -0.4 is 0 Å². The van der Waals surface area contributed by atoms with E-state index in [4.69, 9.17) is 15.2 Å². The fourth-order valence-electron chi connectivity index (χ4n) is 6.37. The molecule has 1 N–H and O–H groups in total. The van der Waals surface area contributed by atoms with Gasteiger partial charge in [0.05, 0.1) is 0 Å². The highest BCUT2D eigenvalue weighted by Crippen LogP contribution is 2.41. The van der Waals surface area contributed by atoms with Crippen LogP contribution in [0.3, 0.4) is 0 Å². The van der Waals surface area contributed by atoms with Crippen molar-refractivity contribution < 1.29 is 0 Å². The van der Waals surface area contributed by atoms with E-state index in [2.05, 4.69) is 104 Å². The molecule has 8 rings (SSSR count). The fraction of sp³-hybridized carbons (Fsp3) is 0.189. The summed E-state index contributed by atoms with van der Waals surface area (Å²) in [5.41, 5.74) is 6.30. The monoisotopic (exact) mass is 652 g/mol. The number of rotatable bonds is 9. The van der Waals surface area contributed by atoms with Crippen molar-refractivity contribution in [3.05, 3.63) is 121 Å². The summed E-state index contributed by atoms with van der Waals surface area (Å²) in [7, 11) is 0. The second kappa shape index (κ2) is 13.5. The maximum absolute atomic E-state index is 5.44. The molecule has 8 nitrogen and oxygen atoms in total. The highest BCUT2D eigenvalue weighted by molar-refractivity contribution is 8.00. The zero-order valence-electron chi connectivity index (χ0n) is 25.7. The topological polar surface area (TPSA) is 98.1 Å². The molecule has 0 unspecified atom stereocenters. The largest absolute Gasteiger partial charge is 0.321 e. The average Bonchev–Trinajstić information content (AvgIpc) is 3.81. The molecule has 3 aromatic heterocycles. The van der Waals surface area contributed by atoms with E-state index in [9.17, 15) is 0 Å². The van der Waals surface area contributed by atoms with E-state index in [1.807, 2.05) is 30.3 Å². The van der Waals surface area contributed by atoms with E-state index in [0.29, 0.717) is 18.3 Å². The molecule has 0 radical (unpaired) electrons. The Bertz CT molecular complexity index is 2090. The Morgan fingerprint density at radius 3 is 1.98 bits per heavy atom. The van der Waals surface area contributed by atoms with Crippen molar-refractivity contribution >= 4 is 34.6 Å². The number of tetrazole rings is 1. The van der Waals surface area contributed by atoms with Gasteiger partial charge in [-0.15, -0.1) is 20.4 Å². The third kappa shape index (κ3) is 6.31. The van der Waals surface area contributed by atoms with Gasteiger partial charge in [0, 0.05) is 27.8 Å². The van der Waals surface area contributed by atoms with Crippen molar-refractivity contribution in [2.24, 2.45) is 0 Å². The van der Waals surface area contributed by atoms with Crippen LogP contribution in [0.2, 0.25) is 0 Å². The van der Waals surface area contributed by atoms with Gasteiger partial charge in [-0.1, -0.05) is 128 Å². The lowest BCUT2D eigenvalue weighted by Crippen LogP contribution is -2.13. The van der Waals surface area contributed by atoms with E-state index in [0.717, 1.165) is 66.2 Å². The third-order valence-corrected chi connectivity index (χ3v) is 10.6. The number of nitrogens with one attached hydrogen (secondary N) is 1. The van der Waals surface area contributed by atoms with Gasteiger partial charge < -0.3 is 4.57 Å². The summed E-state index contributed by atoms with van der Waals surface area (Å²) in [6.07, 6.45) is 6.06. The number of hydrogen-bond acceptors (Lipinski definition) is 8. The first-order valence-electron chi connectivity index (χ1n) is 15.9. The van der Waals surface area contributed by atoms with Crippen LogP contribution >= 0.6 is 23.5 Å². The van der Waals surface area contributed by atoms with Crippen molar-refractivity contribution in [1.29, 1.82) is 0 Å². The third-order valence-electron chi connectivity index (χ3n) is 8.64. The summed E-state index contributed by atoms with van der Waals surface area (Å²) in [6.45, 7) is 0.693. The first kappa shape index (κ1) is 29.6. The van der Waals surface area contributed by atoms with Gasteiger partial charge in [-0.05, 0) is 59.0 Å². The SMILES string of the molecule is c1ccc(Sc2nnc(Sc3ccccc3)c3c2nc(C2CCCCC2)n3Cc2ccc(-c3ccccc3-c3nn[nH]n3)cc2)cc1. The average molecular weight is 653 g/mol. The molecule has 0 amide bonds. The first-order valence-corrected chi connectivity index (χ1v) is 17.6. The summed E-state index contributed by atoms with van der Waals surface area (Å²) >= 11 is 3.28. The van der Waals surface area contributed by atoms with Gasteiger partial charge in [0.1, 0.15) is 21.9 Å². The van der Waals surface area contributed by atoms with Crippen molar-refractivity contribution in [2.45, 2.75) is 64.4 Å². The molecule has 0 bridgehead atoms. The Morgan fingerprint density at radius 1 is 0.660 bits per heavy atom. The minimum absolute atomic E-state index is 0.404. The Labute approximate surface area is 281 Å². The van der Waals surface area contributed by atoms with Gasteiger partial charge in [0.15, 0.2) is 5.03 Å². The van der Waals surface area contributed by atoms with Gasteiger partial charge in [-0.3, -0.25) is 0 Å². The molecular weight excluding hydrogens is 621 g/mol. The van der Waals surface area contributed by atoms with Crippen LogP contribution in [0.15, 0.2) is 129 Å². The number of aromatic amines is 1. The number of fused-ring (bicyclic) bond motifs is 1. The lowest BCUT2D eigenvalue weighted by molar-refractivity contribution is 0.420. The molecule has 47 heavy (non-hydrogen) atoms. The minimum atomic E-state index is 0.404. The number of benzene rings is 4. The molecular formula is C37H32N8S2. The standard InChI is InChI=1S/C37H32N8S2/c1-4-12-27(13-5-1)35-38-32-33(37(47-29-16-8-3-9-17-29)42-41-36(32)46-28-14-6-2-7-15-28)45(35)24-25-20-22-26(23-21-25)30-18-10-11-19-31(30)34-39-43-44-40-34/h2-3,6-11,14-23,27H,1,4-5,12-13,24H2,(H,39,40,43,44). The minimum Gasteiger partial charge on any atom is -0.321 e. The Morgan fingerprint density at radius 2 is 1.30 bits per heavy atom. The summed E-state index contributed by atoms with van der Waals surface area (Å²) in [4.78, 5) is 7.69. The van der Waals surface area contributed by atoms with Crippen LogP contribution in [0.5, 0.6) is 0 Å². The van der Waals surface area contributed by atoms with Gasteiger partial charge >= 0.3 is 0 Å². The van der Waals surface area contributed by atoms with Gasteiger partial charge in [-0.2, -0.15) is 5.21 Å². The summed E-state index contributed by atoms with van der Waals surface area (Å²) in [6, 6.07) is 37.8. The molecule has 0 saturated heterocycles. The summed E-state index contributed by atoms with van der Waals surface area (Å²) < 4.78 is 2.43. The molecule has 7 aromatic rings. The van der Waals surface area contributed by atoms with Gasteiger partial charge in [-0.25, -0.2) is 4.98 Å². The predicted molar refractivity (Wildman–Crippen MR) is 186 cm³/mol. The molecule has 1 fully saturated rings. The molecule has 0 atom stereocenters. The number of H-pyrrole nitrogens is 1. The molecule has 1 aliphatic carbocycles. The van der Waals surface area contributed by atoms with Gasteiger partial charge in [0.25, 0.3) is 0 Å². The molecule has 10 heteroatoms. The van der Waals surface area contributed by atoms with Crippen LogP contribution in [0.1, 0.15) is 49.4 Å². The molecule has 1 saturated carbocycles. The van der Waals surface area contributed by atoms with Crippen molar-refractivity contribution in [3.63, 3.8) is 0 Å². The Balaban J connectivity index is 1.23. The quantitative estimate of drug-likeness (QED) is 0.165. The van der Waals surface area contributed by atoms with Crippen LogP contribution in [-0.2, 0) is 6.54 Å². The lowest BCUT2D eigenvalue weighted by Gasteiger charge is -2.22. The zero-order chi connectivity index (χ0) is 31.4. The number of imidazole rings is 1. The predicted octanol–water partition coefficient (Wildman–Crippen LogP) is 9.07. The van der Waals surface area contributed by atoms with Crippen molar-refractivity contribution in [2.75, 3.05) is 0 Å². The summed E-state index contributed by atoms with van der Waals surface area (Å²) in [5, 5.41) is 26.1.